The first kappa shape index (κ1) is 30.0. The van der Waals surface area contributed by atoms with Gasteiger partial charge in [0.1, 0.15) is 17.6 Å². The van der Waals surface area contributed by atoms with Gasteiger partial charge >= 0.3 is 11.9 Å². The first-order valence-corrected chi connectivity index (χ1v) is 10.8. The predicted octanol–water partition coefficient (Wildman–Crippen LogP) is 2.63. The molecule has 0 heterocycles. The molecule has 4 N–H and O–H groups in total. The molecule has 186 valence electrons. The van der Waals surface area contributed by atoms with Gasteiger partial charge in [0.2, 0.25) is 5.91 Å². The molecule has 1 atom stereocenters. The number of hydrogen-bond acceptors (Lipinski definition) is 6. The molecule has 0 saturated carbocycles. The maximum atomic E-state index is 11.9. The van der Waals surface area contributed by atoms with Gasteiger partial charge in [0.05, 0.1) is 19.0 Å². The highest BCUT2D eigenvalue weighted by atomic mass is 16.5. The van der Waals surface area contributed by atoms with E-state index in [-0.39, 0.29) is 17.6 Å². The Balaban J connectivity index is 0.00000201. The quantitative estimate of drug-likeness (QED) is 0.381. The van der Waals surface area contributed by atoms with Crippen molar-refractivity contribution in [1.82, 2.24) is 10.6 Å². The van der Waals surface area contributed by atoms with E-state index in [0.29, 0.717) is 5.39 Å². The number of ether oxygens (including phenoxy) is 1. The van der Waals surface area contributed by atoms with Crippen LogP contribution in [-0.4, -0.2) is 59.4 Å². The fourth-order valence-corrected chi connectivity index (χ4v) is 2.51. The minimum atomic E-state index is -1.26. The van der Waals surface area contributed by atoms with Crippen molar-refractivity contribution in [2.45, 2.75) is 46.6 Å². The molecule has 2 rings (SSSR count). The van der Waals surface area contributed by atoms with Crippen LogP contribution in [0.4, 0.5) is 0 Å². The highest BCUT2D eigenvalue weighted by Gasteiger charge is 2.18. The highest BCUT2D eigenvalue weighted by Crippen LogP contribution is 2.29. The summed E-state index contributed by atoms with van der Waals surface area (Å²) in [6, 6.07) is 8.68. The lowest BCUT2D eigenvalue weighted by Crippen LogP contribution is -2.44. The number of carboxylic acids is 2. The van der Waals surface area contributed by atoms with Crippen LogP contribution in [0.2, 0.25) is 0 Å². The zero-order valence-electron chi connectivity index (χ0n) is 19.8. The number of aliphatic carboxylic acids is 1. The fourth-order valence-electron chi connectivity index (χ4n) is 2.51. The normalized spacial score (nSPS) is 10.4. The number of aldehydes is 1. The summed E-state index contributed by atoms with van der Waals surface area (Å²) in [5.74, 6) is -3.91. The second-order valence-corrected chi connectivity index (χ2v) is 6.65. The van der Waals surface area contributed by atoms with Crippen molar-refractivity contribution in [1.29, 1.82) is 0 Å². The number of rotatable bonds is 10. The van der Waals surface area contributed by atoms with Crippen LogP contribution in [0, 0.1) is 0 Å². The molecule has 0 saturated heterocycles. The summed E-state index contributed by atoms with van der Waals surface area (Å²) in [6.07, 6.45) is 0.955. The van der Waals surface area contributed by atoms with Gasteiger partial charge in [-0.05, 0) is 11.5 Å². The van der Waals surface area contributed by atoms with Crippen molar-refractivity contribution in [3.63, 3.8) is 0 Å². The van der Waals surface area contributed by atoms with E-state index in [1.54, 1.807) is 30.3 Å². The Morgan fingerprint density at radius 2 is 1.62 bits per heavy atom. The Kier molecular flexibility index (Phi) is 14.7. The molecule has 2 aromatic rings. The summed E-state index contributed by atoms with van der Waals surface area (Å²) in [5.41, 5.74) is -0.114. The zero-order chi connectivity index (χ0) is 26.1. The van der Waals surface area contributed by atoms with E-state index >= 15 is 0 Å². The van der Waals surface area contributed by atoms with Crippen LogP contribution in [0.25, 0.3) is 10.8 Å². The Morgan fingerprint density at radius 1 is 1.00 bits per heavy atom. The Labute approximate surface area is 198 Å². The summed E-state index contributed by atoms with van der Waals surface area (Å²) in [7, 11) is 0. The Morgan fingerprint density at radius 3 is 2.18 bits per heavy atom. The number of amides is 2. The van der Waals surface area contributed by atoms with Crippen molar-refractivity contribution < 1.29 is 38.9 Å². The molecule has 0 spiro atoms. The van der Waals surface area contributed by atoms with Crippen molar-refractivity contribution in [3.8, 4) is 5.75 Å². The smallest absolute Gasteiger partial charge is 0.339 e. The van der Waals surface area contributed by atoms with Crippen LogP contribution >= 0.6 is 0 Å². The van der Waals surface area contributed by atoms with E-state index < -0.39 is 49.4 Å². The van der Waals surface area contributed by atoms with Gasteiger partial charge in [-0.2, -0.15) is 0 Å². The van der Waals surface area contributed by atoms with Crippen LogP contribution in [0.1, 0.15) is 50.9 Å². The number of carbonyl (C=O) groups is 5. The van der Waals surface area contributed by atoms with Gasteiger partial charge in [0.25, 0.3) is 5.91 Å². The summed E-state index contributed by atoms with van der Waals surface area (Å²) in [4.78, 5) is 56.4. The molecule has 0 bridgehead atoms. The summed E-state index contributed by atoms with van der Waals surface area (Å²) < 4.78 is 5.40. The molecule has 0 fully saturated rings. The third-order valence-corrected chi connectivity index (χ3v) is 3.81. The SMILES string of the molecule is CC.CCC.O=C[C@H](CC(=O)O)NC(=O)CNC(=O)COc1c(C(=O)O)ccc2ccccc12. The summed E-state index contributed by atoms with van der Waals surface area (Å²) in [5, 5.41) is 23.6. The van der Waals surface area contributed by atoms with E-state index in [1.807, 2.05) is 13.8 Å². The average Bonchev–Trinajstić information content (AvgIpc) is 2.82. The molecule has 2 amide bonds. The van der Waals surface area contributed by atoms with Crippen LogP contribution in [0.15, 0.2) is 36.4 Å². The number of nitrogens with one attached hydrogen (secondary N) is 2. The maximum Gasteiger partial charge on any atom is 0.339 e. The molecule has 10 heteroatoms. The van der Waals surface area contributed by atoms with Gasteiger partial charge in [-0.3, -0.25) is 14.4 Å². The van der Waals surface area contributed by atoms with Gasteiger partial charge in [-0.1, -0.05) is 64.4 Å². The second kappa shape index (κ2) is 16.7. The molecule has 0 aliphatic rings. The minimum absolute atomic E-state index is 0.0256. The molecule has 0 unspecified atom stereocenters. The molecule has 0 aromatic heterocycles. The lowest BCUT2D eigenvalue weighted by molar-refractivity contribution is -0.139. The largest absolute Gasteiger partial charge is 0.482 e. The Hall–Kier alpha value is -3.95. The van der Waals surface area contributed by atoms with Gasteiger partial charge in [0, 0.05) is 5.39 Å². The minimum Gasteiger partial charge on any atom is -0.482 e. The van der Waals surface area contributed by atoms with E-state index in [0.717, 1.165) is 5.39 Å². The number of hydrogen-bond donors (Lipinski definition) is 4. The number of benzene rings is 2. The molecule has 2 aromatic carbocycles. The number of carbonyl (C=O) groups excluding carboxylic acids is 3. The first-order chi connectivity index (χ1) is 16.2. The third-order valence-electron chi connectivity index (χ3n) is 3.81. The lowest BCUT2D eigenvalue weighted by Gasteiger charge is -2.13. The Bertz CT molecular complexity index is 975. The van der Waals surface area contributed by atoms with E-state index in [1.165, 1.54) is 12.5 Å². The number of aromatic carboxylic acids is 1. The topological polar surface area (TPSA) is 159 Å². The van der Waals surface area contributed by atoms with E-state index in [9.17, 15) is 29.1 Å². The van der Waals surface area contributed by atoms with Crippen LogP contribution in [-0.2, 0) is 19.2 Å². The molecule has 0 aliphatic carbocycles. The predicted molar refractivity (Wildman–Crippen MR) is 127 cm³/mol. The van der Waals surface area contributed by atoms with Crippen molar-refractivity contribution in [2.75, 3.05) is 13.2 Å². The first-order valence-electron chi connectivity index (χ1n) is 10.8. The van der Waals surface area contributed by atoms with E-state index in [4.69, 9.17) is 9.84 Å². The molecule has 34 heavy (non-hydrogen) atoms. The van der Waals surface area contributed by atoms with Crippen molar-refractivity contribution in [3.05, 3.63) is 42.0 Å². The number of fused-ring (bicyclic) bond motifs is 1. The van der Waals surface area contributed by atoms with Gasteiger partial charge in [-0.25, -0.2) is 4.79 Å². The van der Waals surface area contributed by atoms with Gasteiger partial charge in [0.15, 0.2) is 6.61 Å². The van der Waals surface area contributed by atoms with Crippen molar-refractivity contribution >= 4 is 40.8 Å². The van der Waals surface area contributed by atoms with Crippen LogP contribution in [0.5, 0.6) is 5.75 Å². The summed E-state index contributed by atoms with van der Waals surface area (Å²) >= 11 is 0. The second-order valence-electron chi connectivity index (χ2n) is 6.65. The summed E-state index contributed by atoms with van der Waals surface area (Å²) in [6.45, 7) is 7.20. The molecule has 0 radical (unpaired) electrons. The standard InChI is InChI=1S/C19H18N2O8.C3H8.C2H6/c22-9-12(7-17(25)26)21-15(23)8-20-16(24)10-29-18-13-4-2-1-3-11(13)5-6-14(18)19(27)28;1-3-2;1-2/h1-6,9,12H,7-8,10H2,(H,20,24)(H,21,23)(H,25,26)(H,27,28);3H2,1-2H3;1-2H3/t12-;;/m0../s1. The van der Waals surface area contributed by atoms with Gasteiger partial charge < -0.3 is 30.4 Å². The number of carboxylic acid groups (broad SMARTS) is 2. The lowest BCUT2D eigenvalue weighted by atomic mass is 10.1. The van der Waals surface area contributed by atoms with Crippen LogP contribution < -0.4 is 15.4 Å². The molecule has 0 aliphatic heterocycles. The monoisotopic (exact) mass is 476 g/mol. The third kappa shape index (κ3) is 10.6. The maximum absolute atomic E-state index is 11.9. The van der Waals surface area contributed by atoms with E-state index in [2.05, 4.69) is 24.5 Å². The fraction of sp³-hybridized carbons (Fsp3) is 0.375. The van der Waals surface area contributed by atoms with Crippen molar-refractivity contribution in [2.24, 2.45) is 0 Å². The van der Waals surface area contributed by atoms with Gasteiger partial charge in [-0.15, -0.1) is 0 Å². The molecular formula is C24H32N2O8. The molecular weight excluding hydrogens is 444 g/mol. The van der Waals surface area contributed by atoms with Crippen LogP contribution in [0.3, 0.4) is 0 Å². The average molecular weight is 477 g/mol. The molecule has 10 nitrogen and oxygen atoms in total. The zero-order valence-corrected chi connectivity index (χ0v) is 19.8. The highest BCUT2D eigenvalue weighted by molar-refractivity contribution is 6.00.